The van der Waals surface area contributed by atoms with Crippen LogP contribution in [0.5, 0.6) is 11.5 Å². The van der Waals surface area contributed by atoms with E-state index in [4.69, 9.17) is 14.2 Å². The molecular formula is C29H30I2N2O5S. The van der Waals surface area contributed by atoms with Gasteiger partial charge in [-0.3, -0.25) is 9.36 Å². The van der Waals surface area contributed by atoms with Crippen LogP contribution in [-0.2, 0) is 9.53 Å². The number of nitrogens with zero attached hydrogens (tertiary/aromatic N) is 2. The van der Waals surface area contributed by atoms with E-state index in [1.165, 1.54) is 11.3 Å². The molecule has 4 rings (SSSR count). The van der Waals surface area contributed by atoms with Gasteiger partial charge in [-0.2, -0.15) is 0 Å². The van der Waals surface area contributed by atoms with Crippen molar-refractivity contribution < 1.29 is 19.0 Å². The number of fused-ring (bicyclic) bond motifs is 1. The molecule has 1 aromatic heterocycles. The first-order chi connectivity index (χ1) is 18.5. The summed E-state index contributed by atoms with van der Waals surface area (Å²) in [6.45, 7) is 11.8. The van der Waals surface area contributed by atoms with Gasteiger partial charge < -0.3 is 14.2 Å². The van der Waals surface area contributed by atoms with E-state index in [0.29, 0.717) is 27.2 Å². The van der Waals surface area contributed by atoms with Gasteiger partial charge in [-0.1, -0.05) is 23.5 Å². The molecule has 7 nitrogen and oxygen atoms in total. The molecular weight excluding hydrogens is 742 g/mol. The molecule has 0 aliphatic carbocycles. The number of hydrogen-bond donors (Lipinski definition) is 0. The molecule has 2 heterocycles. The molecule has 0 saturated carbocycles. The smallest absolute Gasteiger partial charge is 0.338 e. The van der Waals surface area contributed by atoms with Crippen LogP contribution in [0, 0.1) is 7.14 Å². The molecule has 1 aliphatic rings. The van der Waals surface area contributed by atoms with E-state index in [2.05, 4.69) is 50.2 Å². The standard InChI is InChI=1S/C29H30I2N2O5S/c1-7-36-20-10-8-19(9-11-20)25-24(28(35)38-16(4)5)17(6)32-29-33(25)27(34)23(39-29)14-18-12-21(30)26(22(31)13-18)37-15(2)3/h8-16,25H,7H2,1-6H3/b23-14+/t25-/m1/s1. The lowest BCUT2D eigenvalue weighted by molar-refractivity contribution is -0.143. The average Bonchev–Trinajstić information content (AvgIpc) is 3.15. The number of ether oxygens (including phenoxy) is 3. The summed E-state index contributed by atoms with van der Waals surface area (Å²) in [4.78, 5) is 32.4. The van der Waals surface area contributed by atoms with E-state index < -0.39 is 12.0 Å². The lowest BCUT2D eigenvalue weighted by Gasteiger charge is -2.25. The van der Waals surface area contributed by atoms with Crippen molar-refractivity contribution in [3.8, 4) is 11.5 Å². The highest BCUT2D eigenvalue weighted by molar-refractivity contribution is 14.1. The van der Waals surface area contributed by atoms with Gasteiger partial charge in [0.25, 0.3) is 5.56 Å². The molecule has 0 amide bonds. The summed E-state index contributed by atoms with van der Waals surface area (Å²) in [7, 11) is 0. The Morgan fingerprint density at radius 2 is 1.74 bits per heavy atom. The summed E-state index contributed by atoms with van der Waals surface area (Å²) in [5.41, 5.74) is 2.33. The maximum Gasteiger partial charge on any atom is 0.338 e. The summed E-state index contributed by atoms with van der Waals surface area (Å²) in [6.07, 6.45) is 1.62. The molecule has 10 heteroatoms. The zero-order chi connectivity index (χ0) is 28.4. The third kappa shape index (κ3) is 6.59. The quantitative estimate of drug-likeness (QED) is 0.221. The zero-order valence-electron chi connectivity index (χ0n) is 22.6. The van der Waals surface area contributed by atoms with E-state index in [-0.39, 0.29) is 17.8 Å². The minimum atomic E-state index is -0.674. The van der Waals surface area contributed by atoms with Gasteiger partial charge >= 0.3 is 5.97 Å². The number of thiazole rings is 1. The molecule has 0 bridgehead atoms. The molecule has 0 N–H and O–H groups in total. The maximum absolute atomic E-state index is 13.9. The van der Waals surface area contributed by atoms with Crippen LogP contribution in [0.3, 0.4) is 0 Å². The predicted octanol–water partition coefficient (Wildman–Crippen LogP) is 5.58. The Balaban J connectivity index is 1.88. The number of carbonyl (C=O) groups excluding carboxylic acids is 1. The Morgan fingerprint density at radius 1 is 1.10 bits per heavy atom. The fourth-order valence-corrected chi connectivity index (χ4v) is 7.37. The first-order valence-electron chi connectivity index (χ1n) is 12.6. The number of benzene rings is 2. The van der Waals surface area contributed by atoms with Crippen LogP contribution in [0.4, 0.5) is 0 Å². The van der Waals surface area contributed by atoms with E-state index in [9.17, 15) is 9.59 Å². The van der Waals surface area contributed by atoms with Gasteiger partial charge in [0.2, 0.25) is 0 Å². The summed E-state index contributed by atoms with van der Waals surface area (Å²) in [5.74, 6) is 1.07. The largest absolute Gasteiger partial charge is 0.494 e. The van der Waals surface area contributed by atoms with Crippen LogP contribution in [-0.4, -0.2) is 29.4 Å². The van der Waals surface area contributed by atoms with Gasteiger partial charge in [-0.15, -0.1) is 0 Å². The predicted molar refractivity (Wildman–Crippen MR) is 170 cm³/mol. The lowest BCUT2D eigenvalue weighted by atomic mass is 9.96. The molecule has 1 atom stereocenters. The number of hydrogen-bond acceptors (Lipinski definition) is 7. The minimum Gasteiger partial charge on any atom is -0.494 e. The monoisotopic (exact) mass is 772 g/mol. The van der Waals surface area contributed by atoms with Gasteiger partial charge in [-0.05, 0) is 128 Å². The van der Waals surface area contributed by atoms with Gasteiger partial charge in [0.1, 0.15) is 11.5 Å². The van der Waals surface area contributed by atoms with E-state index in [0.717, 1.165) is 29.8 Å². The van der Waals surface area contributed by atoms with Crippen molar-refractivity contribution in [3.63, 3.8) is 0 Å². The fourth-order valence-electron chi connectivity index (χ4n) is 4.25. The molecule has 0 spiro atoms. The summed E-state index contributed by atoms with van der Waals surface area (Å²) >= 11 is 5.82. The summed E-state index contributed by atoms with van der Waals surface area (Å²) < 4.78 is 21.2. The Labute approximate surface area is 258 Å². The van der Waals surface area contributed by atoms with E-state index in [1.54, 1.807) is 25.3 Å². The van der Waals surface area contributed by atoms with Crippen molar-refractivity contribution in [2.45, 2.75) is 59.8 Å². The van der Waals surface area contributed by atoms with Gasteiger partial charge in [0.15, 0.2) is 4.80 Å². The number of aromatic nitrogens is 1. The van der Waals surface area contributed by atoms with Gasteiger partial charge in [0.05, 0.1) is 47.8 Å². The number of allylic oxidation sites excluding steroid dienone is 1. The van der Waals surface area contributed by atoms with E-state index in [1.807, 2.05) is 63.2 Å². The van der Waals surface area contributed by atoms with Crippen molar-refractivity contribution in [2.75, 3.05) is 6.61 Å². The first-order valence-corrected chi connectivity index (χ1v) is 15.6. The summed E-state index contributed by atoms with van der Waals surface area (Å²) in [5, 5.41) is 0. The van der Waals surface area contributed by atoms with Crippen LogP contribution in [0.15, 0.2) is 57.5 Å². The fraction of sp³-hybridized carbons (Fsp3) is 0.345. The molecule has 0 fully saturated rings. The molecule has 2 aromatic carbocycles. The Morgan fingerprint density at radius 3 is 2.31 bits per heavy atom. The highest BCUT2D eigenvalue weighted by Gasteiger charge is 2.33. The normalized spacial score (nSPS) is 15.4. The molecule has 0 radical (unpaired) electrons. The van der Waals surface area contributed by atoms with Gasteiger partial charge in [-0.25, -0.2) is 9.79 Å². The third-order valence-electron chi connectivity index (χ3n) is 5.76. The van der Waals surface area contributed by atoms with Crippen LogP contribution in [0.25, 0.3) is 6.08 Å². The van der Waals surface area contributed by atoms with Crippen molar-refractivity contribution in [1.82, 2.24) is 4.57 Å². The second-order valence-electron chi connectivity index (χ2n) is 9.52. The van der Waals surface area contributed by atoms with Crippen molar-refractivity contribution in [3.05, 3.63) is 85.6 Å². The molecule has 206 valence electrons. The number of esters is 1. The molecule has 3 aromatic rings. The third-order valence-corrected chi connectivity index (χ3v) is 8.35. The molecule has 1 aliphatic heterocycles. The van der Waals surface area contributed by atoms with Crippen molar-refractivity contribution in [1.29, 1.82) is 0 Å². The van der Waals surface area contributed by atoms with Crippen molar-refractivity contribution >= 4 is 68.6 Å². The zero-order valence-corrected chi connectivity index (χ0v) is 27.7. The second kappa shape index (κ2) is 12.5. The van der Waals surface area contributed by atoms with Crippen LogP contribution in [0.2, 0.25) is 0 Å². The lowest BCUT2D eigenvalue weighted by Crippen LogP contribution is -2.40. The SMILES string of the molecule is CCOc1ccc([C@@H]2C(C(=O)OC(C)C)=C(C)N=c3s/c(=C/c4cc(I)c(OC(C)C)c(I)c4)c(=O)n32)cc1. The minimum absolute atomic E-state index is 0.0593. The number of halogens is 2. The van der Waals surface area contributed by atoms with Crippen molar-refractivity contribution in [2.24, 2.45) is 4.99 Å². The van der Waals surface area contributed by atoms with Crippen LogP contribution < -0.4 is 24.4 Å². The Kier molecular flexibility index (Phi) is 9.58. The Bertz CT molecular complexity index is 1580. The number of carbonyl (C=O) groups is 1. The average molecular weight is 772 g/mol. The molecule has 39 heavy (non-hydrogen) atoms. The topological polar surface area (TPSA) is 79.1 Å². The first kappa shape index (κ1) is 29.8. The highest BCUT2D eigenvalue weighted by Crippen LogP contribution is 2.32. The van der Waals surface area contributed by atoms with Crippen LogP contribution >= 0.6 is 56.5 Å². The van der Waals surface area contributed by atoms with Crippen LogP contribution in [0.1, 0.15) is 58.7 Å². The maximum atomic E-state index is 13.9. The molecule has 0 unspecified atom stereocenters. The Hall–Kier alpha value is -2.19. The molecule has 0 saturated heterocycles. The van der Waals surface area contributed by atoms with E-state index >= 15 is 0 Å². The van der Waals surface area contributed by atoms with Gasteiger partial charge in [0, 0.05) is 0 Å². The highest BCUT2D eigenvalue weighted by atomic mass is 127. The summed E-state index contributed by atoms with van der Waals surface area (Å²) in [6, 6.07) is 10.8. The number of rotatable bonds is 8. The second-order valence-corrected chi connectivity index (χ2v) is 12.9.